The molecule has 35 heavy (non-hydrogen) atoms. The molecule has 0 saturated carbocycles. The van der Waals surface area contributed by atoms with Gasteiger partial charge in [0.15, 0.2) is 0 Å². The third-order valence-corrected chi connectivity index (χ3v) is 5.47. The Morgan fingerprint density at radius 2 is 1.51 bits per heavy atom. The Balaban J connectivity index is 1.50. The lowest BCUT2D eigenvalue weighted by Crippen LogP contribution is -2.40. The van der Waals surface area contributed by atoms with Gasteiger partial charge in [-0.2, -0.15) is 0 Å². The van der Waals surface area contributed by atoms with Gasteiger partial charge >= 0.3 is 6.03 Å². The highest BCUT2D eigenvalue weighted by atomic mass is 16.5. The molecule has 5 N–H and O–H groups in total. The average molecular weight is 475 g/mol. The molecular formula is C28H34N4O3. The minimum atomic E-state index is -0.358. The molecular weight excluding hydrogens is 440 g/mol. The summed E-state index contributed by atoms with van der Waals surface area (Å²) in [6, 6.07) is 24.1. The molecule has 0 unspecified atom stereocenters. The second-order valence-electron chi connectivity index (χ2n) is 8.50. The molecule has 7 nitrogen and oxygen atoms in total. The summed E-state index contributed by atoms with van der Waals surface area (Å²) >= 11 is 0. The summed E-state index contributed by atoms with van der Waals surface area (Å²) in [5.41, 5.74) is 9.19. The lowest BCUT2D eigenvalue weighted by Gasteiger charge is -2.19. The number of benzene rings is 3. The van der Waals surface area contributed by atoms with Crippen LogP contribution in [0.2, 0.25) is 0 Å². The van der Waals surface area contributed by atoms with E-state index in [9.17, 15) is 9.59 Å². The van der Waals surface area contributed by atoms with Crippen molar-refractivity contribution in [1.29, 1.82) is 0 Å². The molecule has 0 spiro atoms. The van der Waals surface area contributed by atoms with Crippen LogP contribution in [0.5, 0.6) is 5.75 Å². The molecule has 0 aromatic heterocycles. The van der Waals surface area contributed by atoms with E-state index >= 15 is 0 Å². The molecule has 3 aromatic carbocycles. The predicted molar refractivity (Wildman–Crippen MR) is 140 cm³/mol. The number of unbranched alkanes of at least 4 members (excludes halogenated alkanes) is 1. The first-order valence-electron chi connectivity index (χ1n) is 11.9. The Morgan fingerprint density at radius 1 is 0.857 bits per heavy atom. The maximum Gasteiger partial charge on any atom is 0.319 e. The molecule has 1 atom stereocenters. The fourth-order valence-corrected chi connectivity index (χ4v) is 3.56. The van der Waals surface area contributed by atoms with E-state index in [0.717, 1.165) is 29.7 Å². The zero-order chi connectivity index (χ0) is 24.9. The number of urea groups is 1. The fraction of sp³-hybridized carbons (Fsp3) is 0.286. The lowest BCUT2D eigenvalue weighted by atomic mass is 10.1. The summed E-state index contributed by atoms with van der Waals surface area (Å²) in [7, 11) is 0. The topological polar surface area (TPSA) is 105 Å². The van der Waals surface area contributed by atoms with Crippen LogP contribution in [0.4, 0.5) is 16.2 Å². The van der Waals surface area contributed by atoms with Gasteiger partial charge in [0.2, 0.25) is 5.91 Å². The van der Waals surface area contributed by atoms with Gasteiger partial charge in [0.05, 0.1) is 0 Å². The maximum atomic E-state index is 12.6. The van der Waals surface area contributed by atoms with Crippen LogP contribution in [0.1, 0.15) is 36.8 Å². The van der Waals surface area contributed by atoms with Gasteiger partial charge in [-0.25, -0.2) is 4.79 Å². The summed E-state index contributed by atoms with van der Waals surface area (Å²) < 4.78 is 5.79. The minimum Gasteiger partial charge on any atom is -0.489 e. The first kappa shape index (κ1) is 25.8. The summed E-state index contributed by atoms with van der Waals surface area (Å²) in [6.45, 7) is 3.04. The van der Waals surface area contributed by atoms with Crippen LogP contribution in [0.3, 0.4) is 0 Å². The molecule has 0 aliphatic rings. The van der Waals surface area contributed by atoms with E-state index in [1.807, 2.05) is 73.7 Å². The first-order chi connectivity index (χ1) is 17.0. The quantitative estimate of drug-likeness (QED) is 0.270. The lowest BCUT2D eigenvalue weighted by molar-refractivity contribution is -0.116. The Labute approximate surface area is 207 Å². The van der Waals surface area contributed by atoms with Gasteiger partial charge in [-0.3, -0.25) is 4.79 Å². The number of rotatable bonds is 12. The van der Waals surface area contributed by atoms with Crippen LogP contribution in [0.25, 0.3) is 0 Å². The van der Waals surface area contributed by atoms with Crippen LogP contribution in [-0.2, 0) is 11.4 Å². The highest BCUT2D eigenvalue weighted by Crippen LogP contribution is 2.17. The summed E-state index contributed by atoms with van der Waals surface area (Å²) in [6.07, 6.45) is 2.51. The number of aryl methyl sites for hydroxylation is 1. The van der Waals surface area contributed by atoms with E-state index in [2.05, 4.69) is 16.0 Å². The largest absolute Gasteiger partial charge is 0.489 e. The monoisotopic (exact) mass is 474 g/mol. The third kappa shape index (κ3) is 9.51. The maximum absolute atomic E-state index is 12.6. The van der Waals surface area contributed by atoms with Crippen molar-refractivity contribution in [2.75, 3.05) is 17.2 Å². The Kier molecular flexibility index (Phi) is 10.1. The molecule has 0 radical (unpaired) electrons. The van der Waals surface area contributed by atoms with Crippen LogP contribution < -0.4 is 26.4 Å². The van der Waals surface area contributed by atoms with E-state index in [1.54, 1.807) is 12.1 Å². The molecule has 0 bridgehead atoms. The number of amides is 3. The Hall–Kier alpha value is -3.84. The zero-order valence-electron chi connectivity index (χ0n) is 20.1. The van der Waals surface area contributed by atoms with Gasteiger partial charge in [-0.15, -0.1) is 0 Å². The summed E-state index contributed by atoms with van der Waals surface area (Å²) in [5.74, 6) is 0.569. The second-order valence-corrected chi connectivity index (χ2v) is 8.50. The van der Waals surface area contributed by atoms with Gasteiger partial charge in [-0.05, 0) is 68.3 Å². The smallest absolute Gasteiger partial charge is 0.319 e. The zero-order valence-corrected chi connectivity index (χ0v) is 20.1. The number of carbonyl (C=O) groups excluding carboxylic acids is 2. The highest BCUT2D eigenvalue weighted by molar-refractivity contribution is 5.93. The molecule has 3 rings (SSSR count). The standard InChI is InChI=1S/C28H34N4O3/c1-21-10-12-23(13-11-21)30-27(33)19-25(9-5-6-18-29)32-28(34)31-24-14-16-26(17-15-24)35-20-22-7-3-2-4-8-22/h2-4,7-8,10-17,25H,5-6,9,18-20,29H2,1H3,(H,30,33)(H2,31,32,34)/t25-/m0/s1. The Morgan fingerprint density at radius 3 is 2.20 bits per heavy atom. The molecule has 0 saturated heterocycles. The molecule has 3 aromatic rings. The highest BCUT2D eigenvalue weighted by Gasteiger charge is 2.17. The van der Waals surface area contributed by atoms with E-state index in [-0.39, 0.29) is 24.4 Å². The van der Waals surface area contributed by atoms with Crippen molar-refractivity contribution in [3.05, 3.63) is 90.0 Å². The number of carbonyl (C=O) groups is 2. The number of ether oxygens (including phenoxy) is 1. The molecule has 0 fully saturated rings. The molecule has 184 valence electrons. The molecule has 0 aliphatic carbocycles. The van der Waals surface area contributed by atoms with Gasteiger partial charge in [0.25, 0.3) is 0 Å². The van der Waals surface area contributed by atoms with Crippen molar-refractivity contribution < 1.29 is 14.3 Å². The number of nitrogens with two attached hydrogens (primary N) is 1. The van der Waals surface area contributed by atoms with Crippen molar-refractivity contribution in [2.45, 2.75) is 45.3 Å². The third-order valence-electron chi connectivity index (χ3n) is 5.47. The molecule has 0 heterocycles. The van der Waals surface area contributed by atoms with Crippen molar-refractivity contribution in [2.24, 2.45) is 5.73 Å². The van der Waals surface area contributed by atoms with Gasteiger partial charge in [-0.1, -0.05) is 54.4 Å². The molecule has 0 aliphatic heterocycles. The van der Waals surface area contributed by atoms with Crippen LogP contribution >= 0.6 is 0 Å². The molecule has 3 amide bonds. The van der Waals surface area contributed by atoms with Gasteiger partial charge in [0.1, 0.15) is 12.4 Å². The number of anilines is 2. The second kappa shape index (κ2) is 13.8. The van der Waals surface area contributed by atoms with E-state index in [4.69, 9.17) is 10.5 Å². The summed E-state index contributed by atoms with van der Waals surface area (Å²) in [5, 5.41) is 8.65. The van der Waals surface area contributed by atoms with Crippen molar-refractivity contribution in [3.63, 3.8) is 0 Å². The molecule has 7 heteroatoms. The Bertz CT molecular complexity index is 1050. The first-order valence-corrected chi connectivity index (χ1v) is 11.9. The van der Waals surface area contributed by atoms with Gasteiger partial charge in [0, 0.05) is 23.8 Å². The SMILES string of the molecule is Cc1ccc(NC(=O)C[C@H](CCCCN)NC(=O)Nc2ccc(OCc3ccccc3)cc2)cc1. The van der Waals surface area contributed by atoms with Gasteiger partial charge < -0.3 is 26.4 Å². The van der Waals surface area contributed by atoms with Crippen molar-refractivity contribution >= 4 is 23.3 Å². The minimum absolute atomic E-state index is 0.146. The fourth-order valence-electron chi connectivity index (χ4n) is 3.56. The average Bonchev–Trinajstić information content (AvgIpc) is 2.85. The normalized spacial score (nSPS) is 11.4. The van der Waals surface area contributed by atoms with Crippen molar-refractivity contribution in [3.8, 4) is 5.75 Å². The predicted octanol–water partition coefficient (Wildman–Crippen LogP) is 5.22. The van der Waals surface area contributed by atoms with E-state index < -0.39 is 0 Å². The summed E-state index contributed by atoms with van der Waals surface area (Å²) in [4.78, 5) is 25.2. The van der Waals surface area contributed by atoms with E-state index in [0.29, 0.717) is 31.0 Å². The van der Waals surface area contributed by atoms with Crippen LogP contribution in [-0.4, -0.2) is 24.5 Å². The van der Waals surface area contributed by atoms with Crippen LogP contribution in [0.15, 0.2) is 78.9 Å². The van der Waals surface area contributed by atoms with Crippen LogP contribution in [0, 0.1) is 6.92 Å². The van der Waals surface area contributed by atoms with E-state index in [1.165, 1.54) is 0 Å². The van der Waals surface area contributed by atoms with Crippen molar-refractivity contribution in [1.82, 2.24) is 5.32 Å². The number of nitrogens with one attached hydrogen (secondary N) is 3. The number of hydrogen-bond donors (Lipinski definition) is 4. The number of hydrogen-bond acceptors (Lipinski definition) is 4.